The van der Waals surface area contributed by atoms with E-state index in [4.69, 9.17) is 0 Å². The van der Waals surface area contributed by atoms with E-state index in [-0.39, 0.29) is 23.6 Å². The van der Waals surface area contributed by atoms with Gasteiger partial charge < -0.3 is 14.5 Å². The molecule has 9 rings (SSSR count). The van der Waals surface area contributed by atoms with Crippen LogP contribution in [0.1, 0.15) is 0 Å². The number of para-hydroxylation sites is 2. The van der Waals surface area contributed by atoms with Crippen molar-refractivity contribution in [1.29, 1.82) is 0 Å². The zero-order valence-electron chi connectivity index (χ0n) is 30.7. The van der Waals surface area contributed by atoms with Crippen molar-refractivity contribution in [3.8, 4) is 0 Å². The summed E-state index contributed by atoms with van der Waals surface area (Å²) in [6, 6.07) is 80.6. The van der Waals surface area contributed by atoms with Crippen LogP contribution >= 0.6 is 15.8 Å². The minimum atomic E-state index is -1.07. The van der Waals surface area contributed by atoms with E-state index in [1.54, 1.807) is 4.57 Å². The molecule has 0 aliphatic heterocycles. The van der Waals surface area contributed by atoms with E-state index in [2.05, 4.69) is 182 Å². The van der Waals surface area contributed by atoms with Gasteiger partial charge >= 0.3 is 17.1 Å². The number of aliphatic carboxylic acids is 1. The second kappa shape index (κ2) is 20.4. The molecular formula is C50H42CuNO2P2+2. The molecule has 0 N–H and O–H groups in total. The number of carbonyl (C=O) groups is 1. The van der Waals surface area contributed by atoms with Gasteiger partial charge in [0.2, 0.25) is 0 Å². The first-order chi connectivity index (χ1) is 27.2. The predicted octanol–water partition coefficient (Wildman–Crippen LogP) is 7.90. The molecule has 3 nitrogen and oxygen atoms in total. The van der Waals surface area contributed by atoms with Gasteiger partial charge in [0, 0.05) is 21.8 Å². The van der Waals surface area contributed by atoms with Gasteiger partial charge in [0.05, 0.1) is 28.4 Å². The molecule has 0 aliphatic rings. The molecule has 0 aliphatic carbocycles. The van der Waals surface area contributed by atoms with E-state index >= 15 is 0 Å². The van der Waals surface area contributed by atoms with Crippen LogP contribution in [0.15, 0.2) is 231 Å². The van der Waals surface area contributed by atoms with E-state index in [1.807, 2.05) is 48.5 Å². The van der Waals surface area contributed by atoms with Crippen molar-refractivity contribution in [3.63, 3.8) is 0 Å². The Hall–Kier alpha value is -5.59. The third kappa shape index (κ3) is 9.98. The Morgan fingerprint density at radius 2 is 0.571 bits per heavy atom. The van der Waals surface area contributed by atoms with Crippen molar-refractivity contribution in [2.45, 2.75) is 6.54 Å². The van der Waals surface area contributed by atoms with Crippen LogP contribution in [0.3, 0.4) is 0 Å². The van der Waals surface area contributed by atoms with E-state index < -0.39 is 21.8 Å². The van der Waals surface area contributed by atoms with Crippen LogP contribution in [0.25, 0.3) is 21.8 Å². The molecule has 0 fully saturated rings. The second-order valence-electron chi connectivity index (χ2n) is 12.9. The van der Waals surface area contributed by atoms with Gasteiger partial charge in [-0.15, -0.1) is 0 Å². The summed E-state index contributed by atoms with van der Waals surface area (Å²) in [5.74, 6) is -1.07. The van der Waals surface area contributed by atoms with Crippen molar-refractivity contribution in [2.75, 3.05) is 0 Å². The quantitative estimate of drug-likeness (QED) is 0.116. The van der Waals surface area contributed by atoms with Crippen LogP contribution in [-0.2, 0) is 28.4 Å². The van der Waals surface area contributed by atoms with Gasteiger partial charge in [-0.2, -0.15) is 0 Å². The van der Waals surface area contributed by atoms with E-state index in [0.29, 0.717) is 0 Å². The number of fused-ring (bicyclic) bond motifs is 3. The van der Waals surface area contributed by atoms with Crippen LogP contribution < -0.4 is 36.9 Å². The minimum Gasteiger partial charge on any atom is -0.548 e. The van der Waals surface area contributed by atoms with Crippen LogP contribution in [0.5, 0.6) is 0 Å². The number of hydrogen-bond donors (Lipinski definition) is 0. The van der Waals surface area contributed by atoms with Gasteiger partial charge in [0.25, 0.3) is 0 Å². The van der Waals surface area contributed by atoms with Crippen molar-refractivity contribution in [2.24, 2.45) is 0 Å². The number of aromatic nitrogens is 1. The largest absolute Gasteiger partial charge is 1.00 e. The predicted molar refractivity (Wildman–Crippen MR) is 238 cm³/mol. The topological polar surface area (TPSA) is 45.1 Å². The van der Waals surface area contributed by atoms with Crippen molar-refractivity contribution >= 4 is 75.4 Å². The Morgan fingerprint density at radius 3 is 0.804 bits per heavy atom. The number of hydrogen-bond acceptors (Lipinski definition) is 2. The molecule has 56 heavy (non-hydrogen) atoms. The Bertz CT molecular complexity index is 2180. The third-order valence-corrected chi connectivity index (χ3v) is 14.8. The van der Waals surface area contributed by atoms with Crippen LogP contribution in [-0.4, -0.2) is 10.5 Å². The van der Waals surface area contributed by atoms with Crippen LogP contribution in [0, 0.1) is 0 Å². The SMILES string of the molecule is O=C([O-])Cn1c2ccccc2c2ccccc21.[Cu+].c1ccc([PH+](c2ccccc2)c2ccccc2)cc1.c1ccc([PH+](c2ccccc2)c2ccccc2)cc1. The number of benzene rings is 8. The maximum atomic E-state index is 10.8. The average molecular weight is 814 g/mol. The molecule has 8 aromatic carbocycles. The Balaban J connectivity index is 0.000000141. The molecule has 0 unspecified atom stereocenters. The molecule has 1 heterocycles. The van der Waals surface area contributed by atoms with Gasteiger partial charge in [-0.05, 0) is 84.9 Å². The zero-order valence-corrected chi connectivity index (χ0v) is 33.7. The molecule has 0 radical (unpaired) electrons. The molecule has 0 saturated heterocycles. The first-order valence-corrected chi connectivity index (χ1v) is 21.4. The Morgan fingerprint density at radius 1 is 0.357 bits per heavy atom. The van der Waals surface area contributed by atoms with Gasteiger partial charge in [-0.3, -0.25) is 0 Å². The van der Waals surface area contributed by atoms with Crippen LogP contribution in [0.2, 0.25) is 0 Å². The monoisotopic (exact) mass is 813 g/mol. The summed E-state index contributed by atoms with van der Waals surface area (Å²) in [6.45, 7) is -0.117. The summed E-state index contributed by atoms with van der Waals surface area (Å²) in [6.07, 6.45) is 0. The van der Waals surface area contributed by atoms with Gasteiger partial charge in [-0.25, -0.2) is 0 Å². The molecule has 0 saturated carbocycles. The average Bonchev–Trinajstić information content (AvgIpc) is 3.56. The maximum Gasteiger partial charge on any atom is 1.00 e. The molecule has 0 bridgehead atoms. The number of rotatable bonds is 8. The van der Waals surface area contributed by atoms with Gasteiger partial charge in [0.15, 0.2) is 0 Å². The fourth-order valence-electron chi connectivity index (χ4n) is 6.93. The van der Waals surface area contributed by atoms with Crippen molar-refractivity contribution in [1.82, 2.24) is 4.57 Å². The minimum absolute atomic E-state index is 0. The maximum absolute atomic E-state index is 10.8. The number of nitrogens with zero attached hydrogens (tertiary/aromatic N) is 1. The van der Waals surface area contributed by atoms with Crippen molar-refractivity contribution < 1.29 is 27.0 Å². The van der Waals surface area contributed by atoms with Gasteiger partial charge in [0.1, 0.15) is 31.8 Å². The fourth-order valence-corrected chi connectivity index (χ4v) is 12.1. The number of carboxylic acid groups (broad SMARTS) is 1. The second-order valence-corrected chi connectivity index (χ2v) is 17.9. The molecule has 0 spiro atoms. The van der Waals surface area contributed by atoms with Crippen LogP contribution in [0.4, 0.5) is 0 Å². The molecule has 6 heteroatoms. The van der Waals surface area contributed by atoms with Gasteiger partial charge in [-0.1, -0.05) is 146 Å². The summed E-state index contributed by atoms with van der Waals surface area (Å²) in [7, 11) is -1.75. The standard InChI is InChI=1S/2C18H15P.C14H11NO2.Cu/c2*1-4-10-16(11-5-1)19(17-12-6-2-7-13-17)18-14-8-3-9-15-18;16-14(17)9-15-12-7-3-1-5-10(12)11-6-2-4-8-13(11)15;/h2*1-15H;1-8H,9H2,(H,16,17);/q;;;+1/p+1. The van der Waals surface area contributed by atoms with E-state index in [9.17, 15) is 9.90 Å². The van der Waals surface area contributed by atoms with Crippen molar-refractivity contribution in [3.05, 3.63) is 231 Å². The zero-order chi connectivity index (χ0) is 37.7. The summed E-state index contributed by atoms with van der Waals surface area (Å²) in [5.41, 5.74) is 1.86. The summed E-state index contributed by atoms with van der Waals surface area (Å²) in [5, 5.41) is 21.6. The summed E-state index contributed by atoms with van der Waals surface area (Å²) in [4.78, 5) is 10.8. The van der Waals surface area contributed by atoms with E-state index in [1.165, 1.54) is 31.8 Å². The summed E-state index contributed by atoms with van der Waals surface area (Å²) < 4.78 is 1.78. The normalized spacial score (nSPS) is 10.5. The molecule has 0 atom stereocenters. The Kier molecular flexibility index (Phi) is 14.6. The summed E-state index contributed by atoms with van der Waals surface area (Å²) >= 11 is 0. The smallest absolute Gasteiger partial charge is 0.548 e. The fraction of sp³-hybridized carbons (Fsp3) is 0.0200. The first kappa shape index (κ1) is 40.1. The Labute approximate surface area is 342 Å². The van der Waals surface area contributed by atoms with E-state index in [0.717, 1.165) is 21.8 Å². The molecule has 1 aromatic heterocycles. The molecule has 0 amide bonds. The molecule has 9 aromatic rings. The number of carbonyl (C=O) groups excluding carboxylic acids is 1. The first-order valence-electron chi connectivity index (χ1n) is 18.4. The molecule has 278 valence electrons. The third-order valence-electron chi connectivity index (χ3n) is 9.34. The molecular weight excluding hydrogens is 772 g/mol. The number of carboxylic acids is 1.